The van der Waals surface area contributed by atoms with E-state index >= 15 is 0 Å². The second kappa shape index (κ2) is 7.42. The van der Waals surface area contributed by atoms with E-state index in [1.165, 1.54) is 0 Å². The Hall–Kier alpha value is -1.46. The summed E-state index contributed by atoms with van der Waals surface area (Å²) >= 11 is 24.4. The molecule has 1 spiro atoms. The fourth-order valence-corrected chi connectivity index (χ4v) is 4.61. The summed E-state index contributed by atoms with van der Waals surface area (Å²) in [7, 11) is 0. The van der Waals surface area contributed by atoms with Crippen molar-refractivity contribution in [2.75, 3.05) is 13.1 Å². The quantitative estimate of drug-likeness (QED) is 0.496. The Morgan fingerprint density at radius 2 is 1.68 bits per heavy atom. The van der Waals surface area contributed by atoms with E-state index in [4.69, 9.17) is 51.1 Å². The van der Waals surface area contributed by atoms with Gasteiger partial charge in [0, 0.05) is 31.0 Å². The number of piperidine rings is 1. The highest BCUT2D eigenvalue weighted by molar-refractivity contribution is 6.46. The maximum atomic E-state index is 12.9. The van der Waals surface area contributed by atoms with Gasteiger partial charge in [0.25, 0.3) is 5.91 Å². The zero-order valence-corrected chi connectivity index (χ0v) is 17.6. The molecule has 0 unspecified atom stereocenters. The van der Waals surface area contributed by atoms with Crippen molar-refractivity contribution in [2.45, 2.75) is 24.9 Å². The number of nitrogens with zero attached hydrogens (tertiary/aromatic N) is 1. The van der Waals surface area contributed by atoms with Crippen molar-refractivity contribution >= 4 is 58.1 Å². The molecule has 0 N–H and O–H groups in total. The van der Waals surface area contributed by atoms with Crippen LogP contribution in [0.2, 0.25) is 20.1 Å². The topological polar surface area (TPSA) is 46.6 Å². The molecule has 2 heterocycles. The first-order valence-corrected chi connectivity index (χ1v) is 10.3. The lowest BCUT2D eigenvalue weighted by Gasteiger charge is -2.44. The van der Waals surface area contributed by atoms with Crippen LogP contribution in [0.3, 0.4) is 0 Å². The number of benzene rings is 2. The molecular formula is C20H15Cl4NO3. The van der Waals surface area contributed by atoms with Crippen molar-refractivity contribution in [3.63, 3.8) is 0 Å². The van der Waals surface area contributed by atoms with Gasteiger partial charge in [0.05, 0.1) is 32.6 Å². The highest BCUT2D eigenvalue weighted by Gasteiger charge is 2.44. The number of amides is 1. The third-order valence-corrected chi connectivity index (χ3v) is 6.63. The molecule has 2 aromatic carbocycles. The Labute approximate surface area is 182 Å². The Balaban J connectivity index is 1.53. The molecule has 4 rings (SSSR count). The molecule has 2 aromatic rings. The summed E-state index contributed by atoms with van der Waals surface area (Å²) in [5.41, 5.74) is 0.0953. The minimum Gasteiger partial charge on any atom is -0.486 e. The largest absolute Gasteiger partial charge is 0.486 e. The molecule has 0 bridgehead atoms. The minimum absolute atomic E-state index is 0.00413. The lowest BCUT2D eigenvalue weighted by molar-refractivity contribution is -0.00569. The molecule has 2 aliphatic rings. The van der Waals surface area contributed by atoms with E-state index in [1.807, 2.05) is 0 Å². The molecule has 8 heteroatoms. The minimum atomic E-state index is -0.614. The van der Waals surface area contributed by atoms with Crippen molar-refractivity contribution in [1.29, 1.82) is 0 Å². The van der Waals surface area contributed by atoms with Crippen LogP contribution in [0.1, 0.15) is 40.0 Å². The zero-order chi connectivity index (χ0) is 20.1. The number of ether oxygens (including phenoxy) is 1. The standard InChI is InChI=1S/C20H15Cl4NO3/c21-11-1-4-16-12(9-11)15(26)10-20(28-16)5-7-25(8-6-20)19(27)17-13(22)2-3-14(23)18(17)24/h1-4,9H,5-8,10H2. The van der Waals surface area contributed by atoms with Gasteiger partial charge in [-0.25, -0.2) is 0 Å². The number of hydrogen-bond donors (Lipinski definition) is 0. The number of Topliss-reactive ketones (excluding diaryl/α,β-unsaturated/α-hetero) is 1. The Kier molecular flexibility index (Phi) is 5.25. The molecule has 0 saturated carbocycles. The normalized spacial score (nSPS) is 18.0. The molecule has 1 fully saturated rings. The number of likely N-dealkylation sites (tertiary alicyclic amines) is 1. The van der Waals surface area contributed by atoms with Crippen LogP contribution in [0.5, 0.6) is 5.75 Å². The molecule has 4 nitrogen and oxygen atoms in total. The van der Waals surface area contributed by atoms with E-state index in [9.17, 15) is 9.59 Å². The van der Waals surface area contributed by atoms with Crippen LogP contribution in [0.4, 0.5) is 0 Å². The lowest BCUT2D eigenvalue weighted by atomic mass is 9.82. The van der Waals surface area contributed by atoms with Gasteiger partial charge in [-0.1, -0.05) is 46.4 Å². The Bertz CT molecular complexity index is 984. The maximum absolute atomic E-state index is 12.9. The first-order valence-electron chi connectivity index (χ1n) is 8.74. The summed E-state index contributed by atoms with van der Waals surface area (Å²) < 4.78 is 6.20. The van der Waals surface area contributed by atoms with Crippen molar-refractivity contribution in [1.82, 2.24) is 4.90 Å². The summed E-state index contributed by atoms with van der Waals surface area (Å²) in [6.45, 7) is 0.850. The maximum Gasteiger partial charge on any atom is 0.256 e. The van der Waals surface area contributed by atoms with Crippen LogP contribution in [-0.2, 0) is 0 Å². The van der Waals surface area contributed by atoms with E-state index in [1.54, 1.807) is 35.2 Å². The van der Waals surface area contributed by atoms with Gasteiger partial charge in [-0.3, -0.25) is 9.59 Å². The first kappa shape index (κ1) is 19.8. The first-order chi connectivity index (χ1) is 13.3. The van der Waals surface area contributed by atoms with E-state index < -0.39 is 5.60 Å². The van der Waals surface area contributed by atoms with Gasteiger partial charge in [-0.2, -0.15) is 0 Å². The molecule has 0 radical (unpaired) electrons. The average Bonchev–Trinajstić information content (AvgIpc) is 2.66. The highest BCUT2D eigenvalue weighted by Crippen LogP contribution is 2.41. The van der Waals surface area contributed by atoms with E-state index in [2.05, 4.69) is 0 Å². The molecule has 1 saturated heterocycles. The molecule has 28 heavy (non-hydrogen) atoms. The van der Waals surface area contributed by atoms with Crippen LogP contribution in [-0.4, -0.2) is 35.3 Å². The zero-order valence-electron chi connectivity index (χ0n) is 14.6. The molecule has 1 amide bonds. The number of halogens is 4. The van der Waals surface area contributed by atoms with Crippen LogP contribution in [0.25, 0.3) is 0 Å². The van der Waals surface area contributed by atoms with Crippen LogP contribution < -0.4 is 4.74 Å². The Morgan fingerprint density at radius 1 is 1.00 bits per heavy atom. The number of rotatable bonds is 1. The van der Waals surface area contributed by atoms with Gasteiger partial charge in [0.15, 0.2) is 5.78 Å². The smallest absolute Gasteiger partial charge is 0.256 e. The highest BCUT2D eigenvalue weighted by atomic mass is 35.5. The monoisotopic (exact) mass is 457 g/mol. The van der Waals surface area contributed by atoms with Gasteiger partial charge >= 0.3 is 0 Å². The van der Waals surface area contributed by atoms with Gasteiger partial charge in [-0.15, -0.1) is 0 Å². The van der Waals surface area contributed by atoms with Gasteiger partial charge in [-0.05, 0) is 30.3 Å². The lowest BCUT2D eigenvalue weighted by Crippen LogP contribution is -2.52. The fraction of sp³-hybridized carbons (Fsp3) is 0.300. The number of ketones is 1. The second-order valence-corrected chi connectivity index (χ2v) is 8.66. The van der Waals surface area contributed by atoms with Crippen molar-refractivity contribution < 1.29 is 14.3 Å². The SMILES string of the molecule is O=C1CC2(CCN(C(=O)c3c(Cl)ccc(Cl)c3Cl)CC2)Oc2ccc(Cl)cc21. The van der Waals surface area contributed by atoms with E-state index in [0.29, 0.717) is 42.3 Å². The number of carbonyl (C=O) groups is 2. The van der Waals surface area contributed by atoms with Crippen molar-refractivity contribution in [3.05, 3.63) is 61.5 Å². The Morgan fingerprint density at radius 3 is 2.39 bits per heavy atom. The van der Waals surface area contributed by atoms with Crippen LogP contribution in [0.15, 0.2) is 30.3 Å². The average molecular weight is 459 g/mol. The van der Waals surface area contributed by atoms with E-state index in [-0.39, 0.29) is 38.7 Å². The molecule has 0 atom stereocenters. The van der Waals surface area contributed by atoms with Crippen molar-refractivity contribution in [3.8, 4) is 5.75 Å². The third-order valence-electron chi connectivity index (χ3n) is 5.27. The molecule has 0 aliphatic carbocycles. The van der Waals surface area contributed by atoms with Gasteiger partial charge in [0.2, 0.25) is 0 Å². The summed E-state index contributed by atoms with van der Waals surface area (Å²) in [6, 6.07) is 8.17. The van der Waals surface area contributed by atoms with Gasteiger partial charge in [0.1, 0.15) is 11.4 Å². The number of hydrogen-bond acceptors (Lipinski definition) is 3. The number of fused-ring (bicyclic) bond motifs is 1. The molecule has 2 aliphatic heterocycles. The predicted molar refractivity (Wildman–Crippen MR) is 110 cm³/mol. The van der Waals surface area contributed by atoms with E-state index in [0.717, 1.165) is 0 Å². The summed E-state index contributed by atoms with van der Waals surface area (Å²) in [5, 5.41) is 1.19. The predicted octanol–water partition coefficient (Wildman–Crippen LogP) is 5.94. The number of carbonyl (C=O) groups excluding carboxylic acids is 2. The molecular weight excluding hydrogens is 444 g/mol. The fourth-order valence-electron chi connectivity index (χ4n) is 3.74. The third kappa shape index (κ3) is 3.48. The van der Waals surface area contributed by atoms with Crippen LogP contribution >= 0.6 is 46.4 Å². The van der Waals surface area contributed by atoms with Crippen molar-refractivity contribution in [2.24, 2.45) is 0 Å². The molecule has 0 aromatic heterocycles. The summed E-state index contributed by atoms with van der Waals surface area (Å²) in [4.78, 5) is 27.2. The second-order valence-electron chi connectivity index (χ2n) is 7.04. The summed E-state index contributed by atoms with van der Waals surface area (Å²) in [5.74, 6) is 0.271. The van der Waals surface area contributed by atoms with Crippen LogP contribution in [0, 0.1) is 0 Å². The van der Waals surface area contributed by atoms with Gasteiger partial charge < -0.3 is 9.64 Å². The molecule has 146 valence electrons. The summed E-state index contributed by atoms with van der Waals surface area (Å²) in [6.07, 6.45) is 1.33.